The number of rotatable bonds is 1. The van der Waals surface area contributed by atoms with Gasteiger partial charge in [-0.3, -0.25) is 4.79 Å². The number of likely N-dealkylation sites (N-methyl/N-ethyl adjacent to an activating group) is 1. The standard InChI is InChI=1S/C17H21N3O4/c1-19-15(21)4-5-17(19)6-7-20(11-17)16(22)18-12-2-3-13-14(10-12)24-9-8-23-13/h2-3,10H,4-9,11H2,1H3,(H,18,22)/t17-/m0/s1. The first kappa shape index (κ1) is 15.1. The van der Waals surface area contributed by atoms with Crippen molar-refractivity contribution in [1.82, 2.24) is 9.80 Å². The van der Waals surface area contributed by atoms with Crippen LogP contribution in [0.1, 0.15) is 19.3 Å². The van der Waals surface area contributed by atoms with Crippen LogP contribution in [0.25, 0.3) is 0 Å². The maximum atomic E-state index is 12.6. The number of carbonyl (C=O) groups excluding carboxylic acids is 2. The van der Waals surface area contributed by atoms with E-state index >= 15 is 0 Å². The smallest absolute Gasteiger partial charge is 0.321 e. The molecule has 3 amide bonds. The minimum atomic E-state index is -0.179. The first-order chi connectivity index (χ1) is 11.6. The Morgan fingerprint density at radius 1 is 1.21 bits per heavy atom. The third kappa shape index (κ3) is 2.44. The van der Waals surface area contributed by atoms with Gasteiger partial charge in [0.2, 0.25) is 5.91 Å². The molecule has 0 saturated carbocycles. The summed E-state index contributed by atoms with van der Waals surface area (Å²) >= 11 is 0. The zero-order valence-corrected chi connectivity index (χ0v) is 13.7. The van der Waals surface area contributed by atoms with Crippen molar-refractivity contribution in [2.75, 3.05) is 38.7 Å². The zero-order valence-electron chi connectivity index (χ0n) is 13.7. The number of hydrogen-bond donors (Lipinski definition) is 1. The molecular weight excluding hydrogens is 310 g/mol. The van der Waals surface area contributed by atoms with Crippen LogP contribution >= 0.6 is 0 Å². The summed E-state index contributed by atoms with van der Waals surface area (Å²) in [6.45, 7) is 2.31. The fraction of sp³-hybridized carbons (Fsp3) is 0.529. The molecule has 0 aliphatic carbocycles. The summed E-state index contributed by atoms with van der Waals surface area (Å²) in [5.74, 6) is 1.52. The molecule has 1 aromatic rings. The summed E-state index contributed by atoms with van der Waals surface area (Å²) in [6.07, 6.45) is 2.24. The number of ether oxygens (including phenoxy) is 2. The lowest BCUT2D eigenvalue weighted by Gasteiger charge is -2.31. The minimum absolute atomic E-state index is 0.142. The van der Waals surface area contributed by atoms with Crippen LogP contribution in [-0.2, 0) is 4.79 Å². The van der Waals surface area contributed by atoms with E-state index in [1.165, 1.54) is 0 Å². The quantitative estimate of drug-likeness (QED) is 0.850. The van der Waals surface area contributed by atoms with Gasteiger partial charge in [-0.25, -0.2) is 4.79 Å². The van der Waals surface area contributed by atoms with E-state index in [4.69, 9.17) is 9.47 Å². The predicted molar refractivity (Wildman–Crippen MR) is 87.4 cm³/mol. The molecule has 7 nitrogen and oxygen atoms in total. The number of amides is 3. The van der Waals surface area contributed by atoms with Crippen LogP contribution in [0.3, 0.4) is 0 Å². The van der Waals surface area contributed by atoms with Crippen LogP contribution < -0.4 is 14.8 Å². The highest BCUT2D eigenvalue weighted by Gasteiger charge is 2.48. The van der Waals surface area contributed by atoms with Gasteiger partial charge in [0, 0.05) is 38.3 Å². The van der Waals surface area contributed by atoms with Gasteiger partial charge in [0.15, 0.2) is 11.5 Å². The minimum Gasteiger partial charge on any atom is -0.486 e. The highest BCUT2D eigenvalue weighted by molar-refractivity contribution is 5.90. The fourth-order valence-electron chi connectivity index (χ4n) is 3.77. The van der Waals surface area contributed by atoms with Crippen LogP contribution in [-0.4, -0.2) is 60.6 Å². The fourth-order valence-corrected chi connectivity index (χ4v) is 3.77. The van der Waals surface area contributed by atoms with Crippen molar-refractivity contribution in [3.05, 3.63) is 18.2 Å². The van der Waals surface area contributed by atoms with Crippen molar-refractivity contribution >= 4 is 17.6 Å². The normalized spacial score (nSPS) is 25.5. The molecule has 0 unspecified atom stereocenters. The van der Waals surface area contributed by atoms with E-state index in [2.05, 4.69) is 5.32 Å². The van der Waals surface area contributed by atoms with Crippen LogP contribution in [0.4, 0.5) is 10.5 Å². The Hall–Kier alpha value is -2.44. The Morgan fingerprint density at radius 3 is 2.75 bits per heavy atom. The van der Waals surface area contributed by atoms with Gasteiger partial charge in [-0.2, -0.15) is 0 Å². The molecule has 7 heteroatoms. The monoisotopic (exact) mass is 331 g/mol. The molecule has 1 spiro atoms. The molecule has 1 aromatic carbocycles. The lowest BCUT2D eigenvalue weighted by Crippen LogP contribution is -2.46. The average Bonchev–Trinajstić information content (AvgIpc) is 3.15. The highest BCUT2D eigenvalue weighted by Crippen LogP contribution is 2.37. The third-order valence-corrected chi connectivity index (χ3v) is 5.30. The average molecular weight is 331 g/mol. The molecule has 0 aromatic heterocycles. The number of nitrogens with zero attached hydrogens (tertiary/aromatic N) is 2. The molecule has 1 atom stereocenters. The Kier molecular flexibility index (Phi) is 3.51. The van der Waals surface area contributed by atoms with Gasteiger partial charge in [-0.1, -0.05) is 0 Å². The van der Waals surface area contributed by atoms with Crippen molar-refractivity contribution in [3.8, 4) is 11.5 Å². The number of likely N-dealkylation sites (tertiary alicyclic amines) is 2. The molecule has 24 heavy (non-hydrogen) atoms. The molecule has 128 valence electrons. The molecule has 0 radical (unpaired) electrons. The van der Waals surface area contributed by atoms with Gasteiger partial charge in [-0.05, 0) is 25.0 Å². The van der Waals surface area contributed by atoms with E-state index in [9.17, 15) is 9.59 Å². The molecule has 3 aliphatic rings. The maximum Gasteiger partial charge on any atom is 0.321 e. The summed E-state index contributed by atoms with van der Waals surface area (Å²) in [7, 11) is 1.84. The van der Waals surface area contributed by atoms with E-state index in [1.807, 2.05) is 18.0 Å². The molecular formula is C17H21N3O4. The van der Waals surface area contributed by atoms with Gasteiger partial charge in [0.1, 0.15) is 13.2 Å². The molecule has 0 bridgehead atoms. The van der Waals surface area contributed by atoms with E-state index in [0.29, 0.717) is 49.9 Å². The number of hydrogen-bond acceptors (Lipinski definition) is 4. The SMILES string of the molecule is CN1C(=O)CC[C@@]12CCN(C(=O)Nc1ccc3c(c1)OCCO3)C2. The largest absolute Gasteiger partial charge is 0.486 e. The lowest BCUT2D eigenvalue weighted by atomic mass is 9.96. The number of carbonyl (C=O) groups is 2. The Balaban J connectivity index is 1.43. The first-order valence-corrected chi connectivity index (χ1v) is 8.30. The van der Waals surface area contributed by atoms with E-state index in [-0.39, 0.29) is 17.5 Å². The third-order valence-electron chi connectivity index (χ3n) is 5.30. The summed E-state index contributed by atoms with van der Waals surface area (Å²) in [5.41, 5.74) is 0.502. The van der Waals surface area contributed by atoms with Gasteiger partial charge in [0.05, 0.1) is 5.54 Å². The van der Waals surface area contributed by atoms with E-state index in [1.54, 1.807) is 17.0 Å². The van der Waals surface area contributed by atoms with Gasteiger partial charge in [0.25, 0.3) is 0 Å². The molecule has 2 saturated heterocycles. The van der Waals surface area contributed by atoms with Crippen molar-refractivity contribution in [3.63, 3.8) is 0 Å². The second-order valence-corrected chi connectivity index (χ2v) is 6.64. The van der Waals surface area contributed by atoms with Gasteiger partial charge < -0.3 is 24.6 Å². The molecule has 4 rings (SSSR count). The first-order valence-electron chi connectivity index (χ1n) is 8.30. The lowest BCUT2D eigenvalue weighted by molar-refractivity contribution is -0.129. The Bertz CT molecular complexity index is 692. The summed E-state index contributed by atoms with van der Waals surface area (Å²) in [6, 6.07) is 5.25. The number of fused-ring (bicyclic) bond motifs is 1. The zero-order chi connectivity index (χ0) is 16.7. The number of nitrogens with one attached hydrogen (secondary N) is 1. The maximum absolute atomic E-state index is 12.6. The van der Waals surface area contributed by atoms with Crippen molar-refractivity contribution in [2.45, 2.75) is 24.8 Å². The topological polar surface area (TPSA) is 71.1 Å². The van der Waals surface area contributed by atoms with E-state index < -0.39 is 0 Å². The summed E-state index contributed by atoms with van der Waals surface area (Å²) in [4.78, 5) is 28.0. The number of benzene rings is 1. The van der Waals surface area contributed by atoms with Crippen LogP contribution in [0, 0.1) is 0 Å². The Labute approximate surface area is 140 Å². The van der Waals surface area contributed by atoms with Gasteiger partial charge >= 0.3 is 6.03 Å². The highest BCUT2D eigenvalue weighted by atomic mass is 16.6. The van der Waals surface area contributed by atoms with Crippen molar-refractivity contribution in [2.24, 2.45) is 0 Å². The second-order valence-electron chi connectivity index (χ2n) is 6.64. The van der Waals surface area contributed by atoms with Crippen LogP contribution in [0.2, 0.25) is 0 Å². The predicted octanol–water partition coefficient (Wildman–Crippen LogP) is 1.69. The molecule has 2 fully saturated rings. The van der Waals surface area contributed by atoms with Crippen LogP contribution in [0.15, 0.2) is 18.2 Å². The van der Waals surface area contributed by atoms with Crippen LogP contribution in [0.5, 0.6) is 11.5 Å². The molecule has 3 heterocycles. The van der Waals surface area contributed by atoms with Gasteiger partial charge in [-0.15, -0.1) is 0 Å². The summed E-state index contributed by atoms with van der Waals surface area (Å²) in [5, 5.41) is 2.91. The number of anilines is 1. The summed E-state index contributed by atoms with van der Waals surface area (Å²) < 4.78 is 11.0. The van der Waals surface area contributed by atoms with Crippen molar-refractivity contribution in [1.29, 1.82) is 0 Å². The number of urea groups is 1. The molecule has 1 N–H and O–H groups in total. The second kappa shape index (κ2) is 5.58. The van der Waals surface area contributed by atoms with E-state index in [0.717, 1.165) is 12.8 Å². The van der Waals surface area contributed by atoms with Crippen molar-refractivity contribution < 1.29 is 19.1 Å². The Morgan fingerprint density at radius 2 is 2.00 bits per heavy atom. The molecule has 3 aliphatic heterocycles.